The molecule has 0 aliphatic carbocycles. The van der Waals surface area contributed by atoms with Gasteiger partial charge in [0.25, 0.3) is 17.7 Å². The lowest BCUT2D eigenvalue weighted by Crippen LogP contribution is -2.38. The number of nitrogens with zero attached hydrogens (tertiary/aromatic N) is 5. The smallest absolute Gasteiger partial charge is 0.273 e. The number of hydrogen-bond donors (Lipinski definition) is 1. The van der Waals surface area contributed by atoms with E-state index < -0.39 is 36.7 Å². The van der Waals surface area contributed by atoms with E-state index in [4.69, 9.17) is 0 Å². The monoisotopic (exact) mass is 364 g/mol. The third-order valence-electron chi connectivity index (χ3n) is 4.18. The summed E-state index contributed by atoms with van der Waals surface area (Å²) in [5.74, 6) is -3.88. The molecule has 138 valence electrons. The SMILES string of the molecule is CNC(=O)c1cn(C[C@@H]2CC(F)(F)CN2C(=O)c2ccnc(C)c2)nn1. The number of likely N-dealkylation sites (tertiary alicyclic amines) is 1. The van der Waals surface area contributed by atoms with Crippen molar-refractivity contribution < 1.29 is 18.4 Å². The van der Waals surface area contributed by atoms with Crippen LogP contribution in [0.5, 0.6) is 0 Å². The zero-order valence-electron chi connectivity index (χ0n) is 14.3. The van der Waals surface area contributed by atoms with Crippen LogP contribution in [0.4, 0.5) is 8.78 Å². The van der Waals surface area contributed by atoms with Crippen molar-refractivity contribution in [1.29, 1.82) is 0 Å². The second-order valence-corrected chi connectivity index (χ2v) is 6.24. The summed E-state index contributed by atoms with van der Waals surface area (Å²) in [6.45, 7) is 1.09. The number of nitrogens with one attached hydrogen (secondary N) is 1. The van der Waals surface area contributed by atoms with Crippen LogP contribution in [0, 0.1) is 6.92 Å². The molecule has 8 nitrogen and oxygen atoms in total. The Balaban J connectivity index is 1.81. The van der Waals surface area contributed by atoms with E-state index in [0.717, 1.165) is 4.90 Å². The maximum absolute atomic E-state index is 14.0. The minimum Gasteiger partial charge on any atom is -0.354 e. The molecule has 2 aromatic rings. The third-order valence-corrected chi connectivity index (χ3v) is 4.18. The third kappa shape index (κ3) is 3.68. The molecule has 1 aliphatic rings. The zero-order valence-corrected chi connectivity index (χ0v) is 14.3. The summed E-state index contributed by atoms with van der Waals surface area (Å²) in [4.78, 5) is 29.4. The van der Waals surface area contributed by atoms with E-state index in [1.165, 1.54) is 30.2 Å². The Labute approximate surface area is 148 Å². The molecule has 2 amide bonds. The van der Waals surface area contributed by atoms with Gasteiger partial charge in [-0.05, 0) is 19.1 Å². The minimum absolute atomic E-state index is 0.0232. The number of halogens is 2. The summed E-state index contributed by atoms with van der Waals surface area (Å²) in [5.41, 5.74) is 1.02. The molecule has 0 unspecified atom stereocenters. The van der Waals surface area contributed by atoms with Gasteiger partial charge in [0, 0.05) is 30.9 Å². The maximum Gasteiger partial charge on any atom is 0.273 e. The fourth-order valence-corrected chi connectivity index (χ4v) is 2.98. The fraction of sp³-hybridized carbons (Fsp3) is 0.438. The van der Waals surface area contributed by atoms with Gasteiger partial charge in [-0.25, -0.2) is 13.5 Å². The van der Waals surface area contributed by atoms with E-state index >= 15 is 0 Å². The van der Waals surface area contributed by atoms with Gasteiger partial charge in [0.15, 0.2) is 5.69 Å². The van der Waals surface area contributed by atoms with Crippen LogP contribution in [0.15, 0.2) is 24.5 Å². The van der Waals surface area contributed by atoms with Crippen molar-refractivity contribution in [3.05, 3.63) is 41.5 Å². The highest BCUT2D eigenvalue weighted by atomic mass is 19.3. The van der Waals surface area contributed by atoms with Crippen LogP contribution < -0.4 is 5.32 Å². The predicted molar refractivity (Wildman–Crippen MR) is 86.8 cm³/mol. The quantitative estimate of drug-likeness (QED) is 0.870. The molecule has 1 saturated heterocycles. The molecular formula is C16H18F2N6O2. The maximum atomic E-state index is 14.0. The molecule has 1 aliphatic heterocycles. The number of rotatable bonds is 4. The fourth-order valence-electron chi connectivity index (χ4n) is 2.98. The van der Waals surface area contributed by atoms with Gasteiger partial charge in [0.1, 0.15) is 0 Å². The molecule has 2 aromatic heterocycles. The molecule has 3 rings (SSSR count). The van der Waals surface area contributed by atoms with Gasteiger partial charge < -0.3 is 10.2 Å². The van der Waals surface area contributed by atoms with Crippen molar-refractivity contribution in [3.63, 3.8) is 0 Å². The summed E-state index contributed by atoms with van der Waals surface area (Å²) in [5, 5.41) is 9.91. The zero-order chi connectivity index (χ0) is 18.9. The average molecular weight is 364 g/mol. The Morgan fingerprint density at radius 3 is 2.88 bits per heavy atom. The largest absolute Gasteiger partial charge is 0.354 e. The molecule has 1 N–H and O–H groups in total. The number of pyridine rings is 1. The predicted octanol–water partition coefficient (Wildman–Crippen LogP) is 0.891. The van der Waals surface area contributed by atoms with Crippen LogP contribution in [0.3, 0.4) is 0 Å². The number of amides is 2. The van der Waals surface area contributed by atoms with E-state index in [2.05, 4.69) is 20.6 Å². The number of carbonyl (C=O) groups excluding carboxylic acids is 2. The molecule has 0 spiro atoms. The molecule has 0 radical (unpaired) electrons. The highest BCUT2D eigenvalue weighted by molar-refractivity contribution is 5.94. The van der Waals surface area contributed by atoms with Crippen molar-refractivity contribution in [2.24, 2.45) is 0 Å². The van der Waals surface area contributed by atoms with Crippen LogP contribution >= 0.6 is 0 Å². The Morgan fingerprint density at radius 1 is 1.42 bits per heavy atom. The molecule has 26 heavy (non-hydrogen) atoms. The van der Waals surface area contributed by atoms with Gasteiger partial charge in [-0.1, -0.05) is 5.21 Å². The highest BCUT2D eigenvalue weighted by Crippen LogP contribution is 2.33. The van der Waals surface area contributed by atoms with E-state index in [1.807, 2.05) is 0 Å². The Morgan fingerprint density at radius 2 is 2.19 bits per heavy atom. The van der Waals surface area contributed by atoms with Gasteiger partial charge in [-0.3, -0.25) is 14.6 Å². The summed E-state index contributed by atoms with van der Waals surface area (Å²) < 4.78 is 29.3. The van der Waals surface area contributed by atoms with Crippen LogP contribution in [0.1, 0.15) is 33.0 Å². The average Bonchev–Trinajstić information content (AvgIpc) is 3.17. The van der Waals surface area contributed by atoms with Crippen LogP contribution in [-0.2, 0) is 6.54 Å². The van der Waals surface area contributed by atoms with Crippen LogP contribution in [0.2, 0.25) is 0 Å². The molecule has 10 heteroatoms. The summed E-state index contributed by atoms with van der Waals surface area (Å²) in [6.07, 6.45) is 2.37. The lowest BCUT2D eigenvalue weighted by molar-refractivity contribution is 0.0117. The first-order valence-corrected chi connectivity index (χ1v) is 8.03. The molecule has 0 saturated carbocycles. The van der Waals surface area contributed by atoms with Crippen molar-refractivity contribution in [3.8, 4) is 0 Å². The van der Waals surface area contributed by atoms with Crippen molar-refractivity contribution in [1.82, 2.24) is 30.2 Å². The van der Waals surface area contributed by atoms with Crippen molar-refractivity contribution in [2.45, 2.75) is 31.9 Å². The van der Waals surface area contributed by atoms with Gasteiger partial charge in [-0.2, -0.15) is 0 Å². The summed E-state index contributed by atoms with van der Waals surface area (Å²) >= 11 is 0. The van der Waals surface area contributed by atoms with E-state index in [1.54, 1.807) is 13.0 Å². The van der Waals surface area contributed by atoms with Gasteiger partial charge in [0.05, 0.1) is 25.3 Å². The van der Waals surface area contributed by atoms with E-state index in [9.17, 15) is 18.4 Å². The molecule has 1 atom stereocenters. The number of hydrogen-bond acceptors (Lipinski definition) is 5. The molecule has 1 fully saturated rings. The number of aryl methyl sites for hydroxylation is 1. The van der Waals surface area contributed by atoms with E-state index in [0.29, 0.717) is 11.3 Å². The van der Waals surface area contributed by atoms with Gasteiger partial charge >= 0.3 is 0 Å². The van der Waals surface area contributed by atoms with Crippen molar-refractivity contribution >= 4 is 11.8 Å². The van der Waals surface area contributed by atoms with E-state index in [-0.39, 0.29) is 12.2 Å². The number of alkyl halides is 2. The second-order valence-electron chi connectivity index (χ2n) is 6.24. The first-order chi connectivity index (χ1) is 12.3. The summed E-state index contributed by atoms with van der Waals surface area (Å²) in [7, 11) is 1.45. The first-order valence-electron chi connectivity index (χ1n) is 8.03. The molecule has 0 bridgehead atoms. The lowest BCUT2D eigenvalue weighted by Gasteiger charge is -2.23. The van der Waals surface area contributed by atoms with Gasteiger partial charge in [-0.15, -0.1) is 5.10 Å². The molecule has 0 aromatic carbocycles. The first kappa shape index (κ1) is 17.9. The molecular weight excluding hydrogens is 346 g/mol. The highest BCUT2D eigenvalue weighted by Gasteiger charge is 2.47. The standard InChI is InChI=1S/C16H18F2N6O2/c1-10-5-11(3-4-20-10)15(26)24-9-16(17,18)6-12(24)7-23-8-13(21-22-23)14(25)19-2/h3-5,8,12H,6-7,9H2,1-2H3,(H,19,25)/t12-/m0/s1. The number of aromatic nitrogens is 4. The Bertz CT molecular complexity index is 838. The number of carbonyl (C=O) groups is 2. The topological polar surface area (TPSA) is 93.0 Å². The Kier molecular flexibility index (Phi) is 4.66. The molecule has 3 heterocycles. The summed E-state index contributed by atoms with van der Waals surface area (Å²) in [6, 6.07) is 2.31. The minimum atomic E-state index is -2.98. The lowest BCUT2D eigenvalue weighted by atomic mass is 10.1. The Hall–Kier alpha value is -2.91. The van der Waals surface area contributed by atoms with Crippen LogP contribution in [0.25, 0.3) is 0 Å². The normalized spacial score (nSPS) is 18.8. The van der Waals surface area contributed by atoms with Crippen molar-refractivity contribution in [2.75, 3.05) is 13.6 Å². The van der Waals surface area contributed by atoms with Gasteiger partial charge in [0.2, 0.25) is 0 Å². The van der Waals surface area contributed by atoms with Crippen LogP contribution in [-0.4, -0.2) is 62.2 Å². The second kappa shape index (κ2) is 6.77.